The maximum Gasteiger partial charge on any atom is 0.273 e. The smallest absolute Gasteiger partial charge is 0.273 e. The zero-order valence-electron chi connectivity index (χ0n) is 11.2. The van der Waals surface area contributed by atoms with Crippen molar-refractivity contribution in [1.29, 1.82) is 0 Å². The minimum absolute atomic E-state index is 0.0238. The highest BCUT2D eigenvalue weighted by Crippen LogP contribution is 2.16. The van der Waals surface area contributed by atoms with E-state index in [-0.39, 0.29) is 24.0 Å². The maximum atomic E-state index is 12.1. The summed E-state index contributed by atoms with van der Waals surface area (Å²) in [5.74, 6) is -0.349. The molecular formula is C13H18F2N2O3. The molecule has 0 aliphatic carbocycles. The van der Waals surface area contributed by atoms with Gasteiger partial charge in [0.15, 0.2) is 11.4 Å². The molecule has 0 bridgehead atoms. The molecule has 0 saturated heterocycles. The first kappa shape index (κ1) is 16.3. The van der Waals surface area contributed by atoms with Gasteiger partial charge in [0.2, 0.25) is 0 Å². The minimum atomic E-state index is -2.62. The Labute approximate surface area is 116 Å². The number of alkyl halides is 2. The van der Waals surface area contributed by atoms with Gasteiger partial charge in [0.05, 0.1) is 0 Å². The zero-order chi connectivity index (χ0) is 15.0. The van der Waals surface area contributed by atoms with Crippen LogP contribution >= 0.6 is 0 Å². The van der Waals surface area contributed by atoms with Crippen LogP contribution in [-0.2, 0) is 0 Å². The molecule has 0 saturated carbocycles. The fraction of sp³-hybridized carbons (Fsp3) is 0.538. The predicted octanol–water partition coefficient (Wildman–Crippen LogP) is 1.47. The van der Waals surface area contributed by atoms with Gasteiger partial charge in [-0.1, -0.05) is 6.92 Å². The lowest BCUT2D eigenvalue weighted by Crippen LogP contribution is -2.29. The van der Waals surface area contributed by atoms with Crippen LogP contribution in [0.25, 0.3) is 0 Å². The van der Waals surface area contributed by atoms with Crippen molar-refractivity contribution < 1.29 is 23.4 Å². The van der Waals surface area contributed by atoms with Crippen LogP contribution in [0.3, 0.4) is 0 Å². The van der Waals surface area contributed by atoms with Crippen molar-refractivity contribution in [3.05, 3.63) is 24.0 Å². The molecule has 1 amide bonds. The van der Waals surface area contributed by atoms with Gasteiger partial charge in [0.25, 0.3) is 12.3 Å². The van der Waals surface area contributed by atoms with E-state index in [0.29, 0.717) is 13.0 Å². The van der Waals surface area contributed by atoms with Crippen LogP contribution in [0.1, 0.15) is 23.8 Å². The molecule has 1 aromatic rings. The van der Waals surface area contributed by atoms with Crippen molar-refractivity contribution >= 4 is 5.91 Å². The van der Waals surface area contributed by atoms with Crippen LogP contribution in [0.2, 0.25) is 0 Å². The van der Waals surface area contributed by atoms with Gasteiger partial charge in [-0.15, -0.1) is 0 Å². The Bertz CT molecular complexity index is 430. The first-order valence-electron chi connectivity index (χ1n) is 6.29. The van der Waals surface area contributed by atoms with E-state index in [0.717, 1.165) is 0 Å². The molecule has 0 fully saturated rings. The number of amides is 1. The highest BCUT2D eigenvalue weighted by molar-refractivity contribution is 5.94. The number of carbonyl (C=O) groups excluding carboxylic acids is 1. The standard InChI is InChI=1S/C13H18F2N2O3/c1-9(4-6-18)7-17-13(19)12-10(3-2-5-16-12)20-8-11(14)15/h2-3,5,9,11,18H,4,6-8H2,1H3,(H,17,19). The lowest BCUT2D eigenvalue weighted by Gasteiger charge is -2.13. The summed E-state index contributed by atoms with van der Waals surface area (Å²) in [6.45, 7) is 1.50. The minimum Gasteiger partial charge on any atom is -0.485 e. The van der Waals surface area contributed by atoms with E-state index >= 15 is 0 Å². The molecule has 5 nitrogen and oxygen atoms in total. The van der Waals surface area contributed by atoms with Crippen molar-refractivity contribution in [3.63, 3.8) is 0 Å². The third-order valence-electron chi connectivity index (χ3n) is 2.58. The third kappa shape index (κ3) is 5.48. The molecule has 0 aromatic carbocycles. The Morgan fingerprint density at radius 3 is 2.95 bits per heavy atom. The number of nitrogens with zero attached hydrogens (tertiary/aromatic N) is 1. The fourth-order valence-electron chi connectivity index (χ4n) is 1.50. The number of aliphatic hydroxyl groups excluding tert-OH is 1. The van der Waals surface area contributed by atoms with Gasteiger partial charge >= 0.3 is 0 Å². The molecule has 112 valence electrons. The van der Waals surface area contributed by atoms with Gasteiger partial charge in [-0.3, -0.25) is 4.79 Å². The molecule has 7 heteroatoms. The number of hydrogen-bond donors (Lipinski definition) is 2. The van der Waals surface area contributed by atoms with E-state index in [9.17, 15) is 13.6 Å². The lowest BCUT2D eigenvalue weighted by atomic mass is 10.1. The van der Waals surface area contributed by atoms with E-state index in [2.05, 4.69) is 10.3 Å². The Balaban J connectivity index is 2.62. The summed E-state index contributed by atoms with van der Waals surface area (Å²) in [6.07, 6.45) is -0.658. The van der Waals surface area contributed by atoms with Crippen molar-refractivity contribution in [2.75, 3.05) is 19.8 Å². The fourth-order valence-corrected chi connectivity index (χ4v) is 1.50. The second-order valence-electron chi connectivity index (χ2n) is 4.38. The Hall–Kier alpha value is -1.76. The summed E-state index contributed by atoms with van der Waals surface area (Å²) in [6, 6.07) is 2.92. The van der Waals surface area contributed by atoms with Crippen molar-refractivity contribution in [1.82, 2.24) is 10.3 Å². The van der Waals surface area contributed by atoms with E-state index in [4.69, 9.17) is 9.84 Å². The first-order chi connectivity index (χ1) is 9.54. The van der Waals surface area contributed by atoms with Gasteiger partial charge in [-0.25, -0.2) is 13.8 Å². The van der Waals surface area contributed by atoms with E-state index in [1.165, 1.54) is 18.3 Å². The molecule has 1 unspecified atom stereocenters. The molecule has 0 aliphatic heterocycles. The van der Waals surface area contributed by atoms with Gasteiger partial charge in [-0.2, -0.15) is 0 Å². The van der Waals surface area contributed by atoms with E-state index in [1.807, 2.05) is 6.92 Å². The molecule has 20 heavy (non-hydrogen) atoms. The largest absolute Gasteiger partial charge is 0.485 e. The predicted molar refractivity (Wildman–Crippen MR) is 68.9 cm³/mol. The monoisotopic (exact) mass is 288 g/mol. The van der Waals surface area contributed by atoms with E-state index < -0.39 is 18.9 Å². The maximum absolute atomic E-state index is 12.1. The SMILES string of the molecule is CC(CCO)CNC(=O)c1ncccc1OCC(F)F. The average molecular weight is 288 g/mol. The first-order valence-corrected chi connectivity index (χ1v) is 6.29. The van der Waals surface area contributed by atoms with Crippen LogP contribution in [0.15, 0.2) is 18.3 Å². The van der Waals surface area contributed by atoms with Crippen LogP contribution in [0, 0.1) is 5.92 Å². The van der Waals surface area contributed by atoms with Crippen LogP contribution < -0.4 is 10.1 Å². The van der Waals surface area contributed by atoms with Crippen LogP contribution in [0.5, 0.6) is 5.75 Å². The summed E-state index contributed by atoms with van der Waals surface area (Å²) < 4.78 is 29.1. The Morgan fingerprint density at radius 2 is 2.30 bits per heavy atom. The van der Waals surface area contributed by atoms with Crippen molar-refractivity contribution in [2.24, 2.45) is 5.92 Å². The lowest BCUT2D eigenvalue weighted by molar-refractivity contribution is 0.0789. The van der Waals surface area contributed by atoms with Gasteiger partial charge in [0.1, 0.15) is 6.61 Å². The summed E-state index contributed by atoms with van der Waals surface area (Å²) in [7, 11) is 0. The number of ether oxygens (including phenoxy) is 1. The molecular weight excluding hydrogens is 270 g/mol. The summed E-state index contributed by atoms with van der Waals surface area (Å²) in [4.78, 5) is 15.8. The molecule has 0 aliphatic rings. The van der Waals surface area contributed by atoms with Crippen LogP contribution in [0.4, 0.5) is 8.78 Å². The van der Waals surface area contributed by atoms with Crippen molar-refractivity contribution in [3.8, 4) is 5.75 Å². The highest BCUT2D eigenvalue weighted by Gasteiger charge is 2.16. The number of rotatable bonds is 8. The zero-order valence-corrected chi connectivity index (χ0v) is 11.2. The number of nitrogens with one attached hydrogen (secondary N) is 1. The normalized spacial score (nSPS) is 12.2. The molecule has 1 heterocycles. The molecule has 0 spiro atoms. The number of halogens is 2. The van der Waals surface area contributed by atoms with E-state index in [1.54, 1.807) is 0 Å². The number of carbonyl (C=O) groups is 1. The molecule has 1 rings (SSSR count). The number of aliphatic hydroxyl groups is 1. The number of pyridine rings is 1. The molecule has 2 N–H and O–H groups in total. The summed E-state index contributed by atoms with van der Waals surface area (Å²) in [5, 5.41) is 11.4. The topological polar surface area (TPSA) is 71.5 Å². The number of aromatic nitrogens is 1. The van der Waals surface area contributed by atoms with Gasteiger partial charge < -0.3 is 15.2 Å². The third-order valence-corrected chi connectivity index (χ3v) is 2.58. The molecule has 1 atom stereocenters. The Kier molecular flexibility index (Phi) is 6.86. The van der Waals surface area contributed by atoms with Crippen LogP contribution in [-0.4, -0.2) is 42.2 Å². The van der Waals surface area contributed by atoms with Crippen molar-refractivity contribution in [2.45, 2.75) is 19.8 Å². The quantitative estimate of drug-likeness (QED) is 0.760. The van der Waals surface area contributed by atoms with Gasteiger partial charge in [-0.05, 0) is 24.5 Å². The second kappa shape index (κ2) is 8.42. The average Bonchev–Trinajstić information content (AvgIpc) is 2.43. The molecule has 0 radical (unpaired) electrons. The number of hydrogen-bond acceptors (Lipinski definition) is 4. The summed E-state index contributed by atoms with van der Waals surface area (Å²) in [5.41, 5.74) is -0.0238. The summed E-state index contributed by atoms with van der Waals surface area (Å²) >= 11 is 0. The molecule has 1 aromatic heterocycles. The second-order valence-corrected chi connectivity index (χ2v) is 4.38. The Morgan fingerprint density at radius 1 is 1.55 bits per heavy atom. The van der Waals surface area contributed by atoms with Gasteiger partial charge in [0, 0.05) is 19.3 Å². The highest BCUT2D eigenvalue weighted by atomic mass is 19.3.